The van der Waals surface area contributed by atoms with E-state index in [2.05, 4.69) is 15.1 Å². The lowest BCUT2D eigenvalue weighted by Crippen LogP contribution is -2.17. The molecule has 3 aromatic rings. The van der Waals surface area contributed by atoms with Gasteiger partial charge < -0.3 is 4.57 Å². The fourth-order valence-corrected chi connectivity index (χ4v) is 2.72. The summed E-state index contributed by atoms with van der Waals surface area (Å²) >= 11 is 0. The first-order chi connectivity index (χ1) is 12.1. The highest BCUT2D eigenvalue weighted by atomic mass is 19.1. The van der Waals surface area contributed by atoms with Gasteiger partial charge in [-0.3, -0.25) is 4.79 Å². The first-order valence-corrected chi connectivity index (χ1v) is 7.89. The van der Waals surface area contributed by atoms with E-state index < -0.39 is 0 Å². The molecule has 1 aromatic heterocycles. The standard InChI is InChI=1S/C20H18FN3O/c1-14-12-17(15(2)24(14)19-6-4-3-5-7-19)13-22-23-20(25)16-8-10-18(21)11-9-16/h3-13H,1-2H3,(H,23,25)/b22-13+. The molecule has 1 heterocycles. The second-order valence-electron chi connectivity index (χ2n) is 5.70. The van der Waals surface area contributed by atoms with Gasteiger partial charge in [0.15, 0.2) is 0 Å². The highest BCUT2D eigenvalue weighted by Crippen LogP contribution is 2.19. The molecule has 0 spiro atoms. The van der Waals surface area contributed by atoms with Crippen LogP contribution in [0.15, 0.2) is 65.8 Å². The Morgan fingerprint density at radius 3 is 2.44 bits per heavy atom. The molecular formula is C20H18FN3O. The van der Waals surface area contributed by atoms with Crippen molar-refractivity contribution in [1.29, 1.82) is 0 Å². The van der Waals surface area contributed by atoms with Gasteiger partial charge in [-0.25, -0.2) is 9.82 Å². The van der Waals surface area contributed by atoms with Crippen molar-refractivity contribution in [3.8, 4) is 5.69 Å². The summed E-state index contributed by atoms with van der Waals surface area (Å²) in [4.78, 5) is 12.0. The van der Waals surface area contributed by atoms with Crippen molar-refractivity contribution < 1.29 is 9.18 Å². The van der Waals surface area contributed by atoms with E-state index in [1.54, 1.807) is 6.21 Å². The fourth-order valence-electron chi connectivity index (χ4n) is 2.72. The van der Waals surface area contributed by atoms with Crippen molar-refractivity contribution in [1.82, 2.24) is 9.99 Å². The highest BCUT2D eigenvalue weighted by Gasteiger charge is 2.09. The lowest BCUT2D eigenvalue weighted by molar-refractivity contribution is 0.0955. The maximum atomic E-state index is 12.9. The van der Waals surface area contributed by atoms with Crippen LogP contribution in [-0.4, -0.2) is 16.7 Å². The van der Waals surface area contributed by atoms with Gasteiger partial charge in [0.1, 0.15) is 5.82 Å². The first-order valence-electron chi connectivity index (χ1n) is 7.89. The molecule has 0 aliphatic carbocycles. The smallest absolute Gasteiger partial charge is 0.271 e. The Morgan fingerprint density at radius 2 is 1.76 bits per heavy atom. The van der Waals surface area contributed by atoms with Crippen LogP contribution >= 0.6 is 0 Å². The molecule has 0 saturated heterocycles. The molecule has 4 nitrogen and oxygen atoms in total. The molecule has 0 aliphatic rings. The monoisotopic (exact) mass is 335 g/mol. The molecule has 0 bridgehead atoms. The average molecular weight is 335 g/mol. The number of carbonyl (C=O) groups excluding carboxylic acids is 1. The summed E-state index contributed by atoms with van der Waals surface area (Å²) in [7, 11) is 0. The highest BCUT2D eigenvalue weighted by molar-refractivity contribution is 5.95. The minimum Gasteiger partial charge on any atom is -0.318 e. The van der Waals surface area contributed by atoms with E-state index in [1.807, 2.05) is 50.2 Å². The Labute approximate surface area is 145 Å². The number of para-hydroxylation sites is 1. The van der Waals surface area contributed by atoms with Crippen LogP contribution in [0, 0.1) is 19.7 Å². The van der Waals surface area contributed by atoms with Gasteiger partial charge in [-0.05, 0) is 56.3 Å². The lowest BCUT2D eigenvalue weighted by atomic mass is 10.2. The molecule has 0 unspecified atom stereocenters. The van der Waals surface area contributed by atoms with Crippen molar-refractivity contribution in [2.24, 2.45) is 5.10 Å². The zero-order chi connectivity index (χ0) is 17.8. The molecule has 1 N–H and O–H groups in total. The summed E-state index contributed by atoms with van der Waals surface area (Å²) in [6.07, 6.45) is 1.61. The first kappa shape index (κ1) is 16.6. The zero-order valence-electron chi connectivity index (χ0n) is 14.0. The topological polar surface area (TPSA) is 46.4 Å². The Hall–Kier alpha value is -3.21. The predicted octanol–water partition coefficient (Wildman–Crippen LogP) is 4.00. The number of aryl methyl sites for hydroxylation is 1. The summed E-state index contributed by atoms with van der Waals surface area (Å²) in [5.41, 5.74) is 6.92. The van der Waals surface area contributed by atoms with Gasteiger partial charge in [0.2, 0.25) is 0 Å². The van der Waals surface area contributed by atoms with Crippen LogP contribution in [0.5, 0.6) is 0 Å². The molecule has 0 saturated carbocycles. The average Bonchev–Trinajstić information content (AvgIpc) is 2.90. The third kappa shape index (κ3) is 3.66. The molecular weight excluding hydrogens is 317 g/mol. The molecule has 2 aromatic carbocycles. The van der Waals surface area contributed by atoms with Gasteiger partial charge in [-0.2, -0.15) is 5.10 Å². The van der Waals surface area contributed by atoms with E-state index in [0.29, 0.717) is 5.56 Å². The molecule has 0 fully saturated rings. The van der Waals surface area contributed by atoms with E-state index in [-0.39, 0.29) is 11.7 Å². The summed E-state index contributed by atoms with van der Waals surface area (Å²) in [5, 5.41) is 4.02. The number of rotatable bonds is 4. The molecule has 5 heteroatoms. The number of carbonyl (C=O) groups is 1. The van der Waals surface area contributed by atoms with Crippen LogP contribution in [0.25, 0.3) is 5.69 Å². The number of amides is 1. The van der Waals surface area contributed by atoms with Crippen molar-refractivity contribution >= 4 is 12.1 Å². The largest absolute Gasteiger partial charge is 0.318 e. The van der Waals surface area contributed by atoms with Crippen molar-refractivity contribution in [3.05, 3.63) is 89.0 Å². The van der Waals surface area contributed by atoms with E-state index >= 15 is 0 Å². The van der Waals surface area contributed by atoms with Crippen LogP contribution in [0.1, 0.15) is 27.3 Å². The van der Waals surface area contributed by atoms with Gasteiger partial charge in [-0.1, -0.05) is 18.2 Å². The summed E-state index contributed by atoms with van der Waals surface area (Å²) < 4.78 is 15.0. The van der Waals surface area contributed by atoms with Crippen LogP contribution in [0.2, 0.25) is 0 Å². The molecule has 0 atom stereocenters. The SMILES string of the molecule is Cc1cc(/C=N/NC(=O)c2ccc(F)cc2)c(C)n1-c1ccccc1. The normalized spacial score (nSPS) is 11.0. The molecule has 3 rings (SSSR count). The number of halogens is 1. The number of nitrogens with zero attached hydrogens (tertiary/aromatic N) is 2. The Balaban J connectivity index is 1.76. The summed E-state index contributed by atoms with van der Waals surface area (Å²) in [5.74, 6) is -0.762. The van der Waals surface area contributed by atoms with Crippen LogP contribution in [-0.2, 0) is 0 Å². The predicted molar refractivity (Wildman–Crippen MR) is 96.7 cm³/mol. The van der Waals surface area contributed by atoms with Crippen molar-refractivity contribution in [3.63, 3.8) is 0 Å². The number of hydrogen-bond donors (Lipinski definition) is 1. The molecule has 25 heavy (non-hydrogen) atoms. The minimum atomic E-state index is -0.381. The Morgan fingerprint density at radius 1 is 1.08 bits per heavy atom. The van der Waals surface area contributed by atoms with Crippen molar-refractivity contribution in [2.45, 2.75) is 13.8 Å². The van der Waals surface area contributed by atoms with Crippen LogP contribution in [0.3, 0.4) is 0 Å². The van der Waals surface area contributed by atoms with Gasteiger partial charge in [0.25, 0.3) is 5.91 Å². The quantitative estimate of drug-likeness (QED) is 0.568. The van der Waals surface area contributed by atoms with E-state index in [4.69, 9.17) is 0 Å². The van der Waals surface area contributed by atoms with Gasteiger partial charge in [-0.15, -0.1) is 0 Å². The third-order valence-corrected chi connectivity index (χ3v) is 3.96. The number of benzene rings is 2. The van der Waals surface area contributed by atoms with Crippen LogP contribution in [0.4, 0.5) is 4.39 Å². The Kier molecular flexibility index (Phi) is 4.75. The number of aromatic nitrogens is 1. The van der Waals surface area contributed by atoms with Gasteiger partial charge in [0.05, 0.1) is 6.21 Å². The maximum Gasteiger partial charge on any atom is 0.271 e. The van der Waals surface area contributed by atoms with Gasteiger partial charge in [0, 0.05) is 28.2 Å². The second kappa shape index (κ2) is 7.13. The summed E-state index contributed by atoms with van der Waals surface area (Å²) in [6, 6.07) is 17.4. The van der Waals surface area contributed by atoms with E-state index in [0.717, 1.165) is 22.6 Å². The maximum absolute atomic E-state index is 12.9. The molecule has 0 radical (unpaired) electrons. The zero-order valence-corrected chi connectivity index (χ0v) is 14.0. The van der Waals surface area contributed by atoms with Gasteiger partial charge >= 0.3 is 0 Å². The minimum absolute atomic E-state index is 0.355. The lowest BCUT2D eigenvalue weighted by Gasteiger charge is -2.08. The summed E-state index contributed by atoms with van der Waals surface area (Å²) in [6.45, 7) is 4.03. The molecule has 1 amide bonds. The van der Waals surface area contributed by atoms with Crippen LogP contribution < -0.4 is 5.43 Å². The molecule has 0 aliphatic heterocycles. The number of hydrazone groups is 1. The molecule has 126 valence electrons. The van der Waals surface area contributed by atoms with E-state index in [1.165, 1.54) is 24.3 Å². The second-order valence-corrected chi connectivity index (χ2v) is 5.70. The number of hydrogen-bond acceptors (Lipinski definition) is 2. The van der Waals surface area contributed by atoms with E-state index in [9.17, 15) is 9.18 Å². The number of nitrogens with one attached hydrogen (secondary N) is 1. The van der Waals surface area contributed by atoms with Crippen molar-refractivity contribution in [2.75, 3.05) is 0 Å². The third-order valence-electron chi connectivity index (χ3n) is 3.96. The Bertz CT molecular complexity index is 912. The fraction of sp³-hybridized carbons (Fsp3) is 0.100.